The van der Waals surface area contributed by atoms with E-state index in [2.05, 4.69) is 10.5 Å². The van der Waals surface area contributed by atoms with Crippen molar-refractivity contribution in [3.05, 3.63) is 41.3 Å². The van der Waals surface area contributed by atoms with Crippen molar-refractivity contribution in [1.29, 1.82) is 0 Å². The molecule has 1 aliphatic rings. The van der Waals surface area contributed by atoms with E-state index in [-0.39, 0.29) is 17.6 Å². The fraction of sp³-hybridized carbons (Fsp3) is 0.389. The molecule has 1 aliphatic heterocycles. The summed E-state index contributed by atoms with van der Waals surface area (Å²) in [5.74, 6) is 0.200. The summed E-state index contributed by atoms with van der Waals surface area (Å²) in [6, 6.07) is 6.60. The largest absolute Gasteiger partial charge is 0.495 e. The molecule has 7 heteroatoms. The van der Waals surface area contributed by atoms with Crippen LogP contribution in [0.2, 0.25) is 0 Å². The Labute approximate surface area is 145 Å². The molecule has 2 aromatic rings. The molecule has 1 saturated heterocycles. The number of likely N-dealkylation sites (tertiary alicyclic amines) is 1. The van der Waals surface area contributed by atoms with E-state index in [4.69, 9.17) is 9.26 Å². The first-order valence-corrected chi connectivity index (χ1v) is 8.19. The van der Waals surface area contributed by atoms with Gasteiger partial charge >= 0.3 is 0 Å². The summed E-state index contributed by atoms with van der Waals surface area (Å²) < 4.78 is 10.3. The third-order valence-corrected chi connectivity index (χ3v) is 4.27. The Balaban J connectivity index is 1.77. The van der Waals surface area contributed by atoms with Crippen LogP contribution in [-0.4, -0.2) is 41.6 Å². The van der Waals surface area contributed by atoms with E-state index in [0.717, 1.165) is 12.0 Å². The van der Waals surface area contributed by atoms with Crippen molar-refractivity contribution in [3.8, 4) is 5.75 Å². The van der Waals surface area contributed by atoms with Gasteiger partial charge in [0.1, 0.15) is 11.8 Å². The number of nitrogens with zero attached hydrogens (tertiary/aromatic N) is 2. The standard InChI is InChI=1S/C18H21N3O4/c1-11-6-7-15(24-3)13(9-11)19-17(22)14-5-4-8-21(14)18(23)16-10-12(2)20-25-16/h6-7,9-10,14H,4-5,8H2,1-3H3,(H,19,22)/t14-/m1/s1. The molecule has 0 radical (unpaired) electrons. The molecular formula is C18H21N3O4. The number of carbonyl (C=O) groups excluding carboxylic acids is 2. The highest BCUT2D eigenvalue weighted by Crippen LogP contribution is 2.27. The van der Waals surface area contributed by atoms with Gasteiger partial charge in [0, 0.05) is 12.6 Å². The molecule has 0 spiro atoms. The zero-order valence-corrected chi connectivity index (χ0v) is 14.5. The summed E-state index contributed by atoms with van der Waals surface area (Å²) in [7, 11) is 1.55. The van der Waals surface area contributed by atoms with Crippen molar-refractivity contribution in [2.24, 2.45) is 0 Å². The van der Waals surface area contributed by atoms with Gasteiger partial charge in [-0.05, 0) is 44.4 Å². The Morgan fingerprint density at radius 2 is 2.12 bits per heavy atom. The Bertz CT molecular complexity index is 799. The van der Waals surface area contributed by atoms with E-state index in [1.54, 1.807) is 26.2 Å². The number of aryl methyl sites for hydroxylation is 2. The van der Waals surface area contributed by atoms with E-state index >= 15 is 0 Å². The number of aromatic nitrogens is 1. The van der Waals surface area contributed by atoms with Crippen LogP contribution in [0.3, 0.4) is 0 Å². The van der Waals surface area contributed by atoms with E-state index < -0.39 is 6.04 Å². The third kappa shape index (κ3) is 3.50. The van der Waals surface area contributed by atoms with Crippen molar-refractivity contribution in [3.63, 3.8) is 0 Å². The lowest BCUT2D eigenvalue weighted by Crippen LogP contribution is -2.43. The van der Waals surface area contributed by atoms with Crippen LogP contribution < -0.4 is 10.1 Å². The van der Waals surface area contributed by atoms with E-state index in [1.807, 2.05) is 19.1 Å². The Morgan fingerprint density at radius 1 is 1.32 bits per heavy atom. The van der Waals surface area contributed by atoms with Crippen LogP contribution in [0.5, 0.6) is 5.75 Å². The highest BCUT2D eigenvalue weighted by Gasteiger charge is 2.36. The van der Waals surface area contributed by atoms with E-state index in [9.17, 15) is 9.59 Å². The van der Waals surface area contributed by atoms with Crippen LogP contribution in [-0.2, 0) is 4.79 Å². The van der Waals surface area contributed by atoms with Gasteiger partial charge in [-0.15, -0.1) is 0 Å². The van der Waals surface area contributed by atoms with Crippen LogP contribution in [0.1, 0.15) is 34.7 Å². The molecule has 0 unspecified atom stereocenters. The SMILES string of the molecule is COc1ccc(C)cc1NC(=O)[C@H]1CCCN1C(=O)c1cc(C)no1. The van der Waals surface area contributed by atoms with Crippen LogP contribution in [0, 0.1) is 13.8 Å². The number of amides is 2. The van der Waals surface area contributed by atoms with Gasteiger partial charge in [-0.2, -0.15) is 0 Å². The number of ether oxygens (including phenoxy) is 1. The van der Waals surface area contributed by atoms with Crippen LogP contribution in [0.4, 0.5) is 5.69 Å². The molecule has 1 N–H and O–H groups in total. The first-order chi connectivity index (χ1) is 12.0. The van der Waals surface area contributed by atoms with E-state index in [0.29, 0.717) is 30.1 Å². The van der Waals surface area contributed by atoms with Gasteiger partial charge in [0.25, 0.3) is 5.91 Å². The van der Waals surface area contributed by atoms with Gasteiger partial charge in [-0.25, -0.2) is 0 Å². The zero-order valence-electron chi connectivity index (χ0n) is 14.5. The zero-order chi connectivity index (χ0) is 18.0. The van der Waals surface area contributed by atoms with Crippen LogP contribution in [0.25, 0.3) is 0 Å². The normalized spacial score (nSPS) is 16.8. The first kappa shape index (κ1) is 17.0. The summed E-state index contributed by atoms with van der Waals surface area (Å²) in [4.78, 5) is 26.9. The molecule has 1 aromatic heterocycles. The third-order valence-electron chi connectivity index (χ3n) is 4.27. The molecule has 3 rings (SSSR count). The Kier molecular flexibility index (Phi) is 4.74. The predicted octanol–water partition coefficient (Wildman–Crippen LogP) is 2.54. The average molecular weight is 343 g/mol. The molecule has 0 aliphatic carbocycles. The lowest BCUT2D eigenvalue weighted by atomic mass is 10.1. The number of carbonyl (C=O) groups is 2. The lowest BCUT2D eigenvalue weighted by Gasteiger charge is -2.23. The van der Waals surface area contributed by atoms with E-state index in [1.165, 1.54) is 4.90 Å². The van der Waals surface area contributed by atoms with Crippen molar-refractivity contribution < 1.29 is 18.8 Å². The second kappa shape index (κ2) is 6.96. The van der Waals surface area contributed by atoms with Crippen molar-refractivity contribution in [1.82, 2.24) is 10.1 Å². The monoisotopic (exact) mass is 343 g/mol. The first-order valence-electron chi connectivity index (χ1n) is 8.19. The van der Waals surface area contributed by atoms with Crippen LogP contribution in [0.15, 0.2) is 28.8 Å². The fourth-order valence-electron chi connectivity index (χ4n) is 3.02. The smallest absolute Gasteiger partial charge is 0.293 e. The molecule has 2 heterocycles. The molecule has 2 amide bonds. The molecule has 0 saturated carbocycles. The quantitative estimate of drug-likeness (QED) is 0.922. The highest BCUT2D eigenvalue weighted by molar-refractivity contribution is 6.01. The summed E-state index contributed by atoms with van der Waals surface area (Å²) in [5, 5.41) is 6.62. The minimum Gasteiger partial charge on any atom is -0.495 e. The Hall–Kier alpha value is -2.83. The summed E-state index contributed by atoms with van der Waals surface area (Å²) in [6.07, 6.45) is 1.38. The topological polar surface area (TPSA) is 84.7 Å². The average Bonchev–Trinajstić information content (AvgIpc) is 3.23. The molecule has 7 nitrogen and oxygen atoms in total. The summed E-state index contributed by atoms with van der Waals surface area (Å²) >= 11 is 0. The summed E-state index contributed by atoms with van der Waals surface area (Å²) in [5.41, 5.74) is 2.24. The second-order valence-corrected chi connectivity index (χ2v) is 6.18. The maximum Gasteiger partial charge on any atom is 0.293 e. The maximum atomic E-state index is 12.7. The number of hydrogen-bond acceptors (Lipinski definition) is 5. The lowest BCUT2D eigenvalue weighted by molar-refractivity contribution is -0.119. The predicted molar refractivity (Wildman–Crippen MR) is 91.7 cm³/mol. The fourth-order valence-corrected chi connectivity index (χ4v) is 3.02. The van der Waals surface area contributed by atoms with Crippen LogP contribution >= 0.6 is 0 Å². The molecule has 1 fully saturated rings. The van der Waals surface area contributed by atoms with Gasteiger partial charge in [-0.1, -0.05) is 11.2 Å². The number of methoxy groups -OCH3 is 1. The maximum absolute atomic E-state index is 12.7. The molecule has 1 atom stereocenters. The molecule has 25 heavy (non-hydrogen) atoms. The summed E-state index contributed by atoms with van der Waals surface area (Å²) in [6.45, 7) is 4.20. The molecular weight excluding hydrogens is 322 g/mol. The minimum absolute atomic E-state index is 0.158. The molecule has 1 aromatic carbocycles. The van der Waals surface area contributed by atoms with Gasteiger partial charge in [-0.3, -0.25) is 9.59 Å². The van der Waals surface area contributed by atoms with Crippen molar-refractivity contribution >= 4 is 17.5 Å². The number of nitrogens with one attached hydrogen (secondary N) is 1. The highest BCUT2D eigenvalue weighted by atomic mass is 16.5. The number of anilines is 1. The van der Waals surface area contributed by atoms with Gasteiger partial charge in [0.2, 0.25) is 11.7 Å². The Morgan fingerprint density at radius 3 is 2.80 bits per heavy atom. The van der Waals surface area contributed by atoms with Crippen molar-refractivity contribution in [2.45, 2.75) is 32.7 Å². The second-order valence-electron chi connectivity index (χ2n) is 6.18. The van der Waals surface area contributed by atoms with Gasteiger partial charge in [0.05, 0.1) is 18.5 Å². The van der Waals surface area contributed by atoms with Crippen molar-refractivity contribution in [2.75, 3.05) is 19.0 Å². The molecule has 0 bridgehead atoms. The number of hydrogen-bond donors (Lipinski definition) is 1. The molecule has 132 valence electrons. The number of benzene rings is 1. The van der Waals surface area contributed by atoms with Gasteiger partial charge < -0.3 is 19.5 Å². The number of rotatable bonds is 4. The minimum atomic E-state index is -0.539. The van der Waals surface area contributed by atoms with Gasteiger partial charge in [0.15, 0.2) is 0 Å².